The quantitative estimate of drug-likeness (QED) is 0.262. The van der Waals surface area contributed by atoms with E-state index in [-0.39, 0.29) is 37.3 Å². The molecule has 0 spiro atoms. The standard InChI is InChI=1S/C32H33F6NO4/c1-21(40)24-13-14-30(26-11-7-4-8-12-26,39(18-24)29(41)42-19-23-9-5-3-6-10-23)20-43-22(2)25-15-27(31(33,34)35)17-28(16-25)32(36,37)38/h3-12,15-17,21-22,24,40H,13-14,18-20H2,1-2H3/t21?,22?,24?,30-/m1/s1. The summed E-state index contributed by atoms with van der Waals surface area (Å²) in [7, 11) is 0. The highest BCUT2D eigenvalue weighted by molar-refractivity contribution is 5.69. The molecule has 3 aromatic carbocycles. The molecule has 1 fully saturated rings. The fourth-order valence-corrected chi connectivity index (χ4v) is 5.35. The fourth-order valence-electron chi connectivity index (χ4n) is 5.35. The summed E-state index contributed by atoms with van der Waals surface area (Å²) in [6.07, 6.45) is -11.8. The van der Waals surface area contributed by atoms with Gasteiger partial charge in [-0.2, -0.15) is 26.3 Å². The minimum atomic E-state index is -5.00. The molecule has 0 aliphatic carbocycles. The molecule has 4 rings (SSSR count). The molecule has 3 unspecified atom stereocenters. The Labute approximate surface area is 246 Å². The number of aliphatic hydroxyl groups excluding tert-OH is 1. The fraction of sp³-hybridized carbons (Fsp3) is 0.406. The summed E-state index contributed by atoms with van der Waals surface area (Å²) in [6, 6.07) is 19.2. The maximum atomic E-state index is 13.7. The first-order valence-electron chi connectivity index (χ1n) is 13.8. The zero-order valence-corrected chi connectivity index (χ0v) is 23.7. The minimum absolute atomic E-state index is 0.0257. The molecular formula is C32H33F6NO4. The van der Waals surface area contributed by atoms with Crippen molar-refractivity contribution >= 4 is 6.09 Å². The molecule has 1 amide bonds. The van der Waals surface area contributed by atoms with Gasteiger partial charge in [0.2, 0.25) is 0 Å². The summed E-state index contributed by atoms with van der Waals surface area (Å²) in [5.74, 6) is -0.295. The number of nitrogens with zero attached hydrogens (tertiary/aromatic N) is 1. The zero-order valence-electron chi connectivity index (χ0n) is 23.7. The van der Waals surface area contributed by atoms with Gasteiger partial charge in [0.1, 0.15) is 6.61 Å². The second kappa shape index (κ2) is 13.0. The lowest BCUT2D eigenvalue weighted by Gasteiger charge is -2.49. The number of likely N-dealkylation sites (tertiary alicyclic amines) is 1. The lowest BCUT2D eigenvalue weighted by molar-refractivity contribution is -0.143. The summed E-state index contributed by atoms with van der Waals surface area (Å²) in [5.41, 5.74) is -2.95. The predicted octanol–water partition coefficient (Wildman–Crippen LogP) is 8.13. The topological polar surface area (TPSA) is 59.0 Å². The first kappa shape index (κ1) is 32.3. The van der Waals surface area contributed by atoms with E-state index in [0.717, 1.165) is 5.56 Å². The minimum Gasteiger partial charge on any atom is -0.445 e. The van der Waals surface area contributed by atoms with E-state index in [9.17, 15) is 36.2 Å². The van der Waals surface area contributed by atoms with Gasteiger partial charge in [-0.25, -0.2) is 4.79 Å². The number of ether oxygens (including phenoxy) is 2. The lowest BCUT2D eigenvalue weighted by Crippen LogP contribution is -2.58. The van der Waals surface area contributed by atoms with Gasteiger partial charge in [0.25, 0.3) is 0 Å². The highest BCUT2D eigenvalue weighted by Crippen LogP contribution is 2.43. The number of hydrogen-bond donors (Lipinski definition) is 1. The number of carbonyl (C=O) groups excluding carboxylic acids is 1. The molecule has 1 heterocycles. The van der Waals surface area contributed by atoms with Crippen molar-refractivity contribution < 1.29 is 45.7 Å². The molecule has 0 aromatic heterocycles. The number of hydrogen-bond acceptors (Lipinski definition) is 4. The molecule has 1 N–H and O–H groups in total. The molecule has 0 bridgehead atoms. The number of benzene rings is 3. The largest absolute Gasteiger partial charge is 0.445 e. The van der Waals surface area contributed by atoms with Gasteiger partial charge in [0.15, 0.2) is 0 Å². The van der Waals surface area contributed by atoms with E-state index in [1.54, 1.807) is 61.5 Å². The van der Waals surface area contributed by atoms with Crippen LogP contribution in [0.15, 0.2) is 78.9 Å². The number of carbonyl (C=O) groups is 1. The molecule has 232 valence electrons. The third-order valence-electron chi connectivity index (χ3n) is 7.93. The number of rotatable bonds is 8. The number of alkyl halides is 6. The van der Waals surface area contributed by atoms with E-state index in [0.29, 0.717) is 30.5 Å². The Balaban J connectivity index is 1.68. The van der Waals surface area contributed by atoms with Crippen molar-refractivity contribution in [3.63, 3.8) is 0 Å². The van der Waals surface area contributed by atoms with Gasteiger partial charge in [-0.15, -0.1) is 0 Å². The Hall–Kier alpha value is -3.57. The Morgan fingerprint density at radius 1 is 0.930 bits per heavy atom. The Kier molecular flexibility index (Phi) is 9.76. The molecule has 1 aliphatic heterocycles. The molecule has 43 heavy (non-hydrogen) atoms. The molecule has 1 saturated heterocycles. The summed E-state index contributed by atoms with van der Waals surface area (Å²) in [5, 5.41) is 10.4. The summed E-state index contributed by atoms with van der Waals surface area (Å²) >= 11 is 0. The van der Waals surface area contributed by atoms with E-state index < -0.39 is 47.3 Å². The van der Waals surface area contributed by atoms with Crippen LogP contribution in [0.4, 0.5) is 31.1 Å². The van der Waals surface area contributed by atoms with Crippen molar-refractivity contribution in [3.8, 4) is 0 Å². The zero-order chi connectivity index (χ0) is 31.4. The van der Waals surface area contributed by atoms with Gasteiger partial charge < -0.3 is 14.6 Å². The third-order valence-corrected chi connectivity index (χ3v) is 7.93. The van der Waals surface area contributed by atoms with Crippen LogP contribution in [0, 0.1) is 5.92 Å². The van der Waals surface area contributed by atoms with Crippen molar-refractivity contribution in [2.24, 2.45) is 5.92 Å². The highest BCUT2D eigenvalue weighted by atomic mass is 19.4. The van der Waals surface area contributed by atoms with Gasteiger partial charge in [0.05, 0.1) is 35.5 Å². The van der Waals surface area contributed by atoms with E-state index in [1.807, 2.05) is 6.07 Å². The SMILES string of the molecule is CC(OC[C@@]1(c2ccccc2)CCC(C(C)O)CN1C(=O)OCc1ccccc1)c1cc(C(F)(F)F)cc(C(F)(F)F)c1. The average Bonchev–Trinajstić information content (AvgIpc) is 2.98. The third kappa shape index (κ3) is 7.69. The maximum Gasteiger partial charge on any atom is 0.416 e. The van der Waals surface area contributed by atoms with Crippen molar-refractivity contribution in [2.75, 3.05) is 13.2 Å². The Bertz CT molecular complexity index is 1330. The second-order valence-corrected chi connectivity index (χ2v) is 10.9. The summed E-state index contributed by atoms with van der Waals surface area (Å²) < 4.78 is 92.8. The van der Waals surface area contributed by atoms with Crippen molar-refractivity contribution in [3.05, 3.63) is 107 Å². The number of amides is 1. The van der Waals surface area contributed by atoms with E-state index in [2.05, 4.69) is 0 Å². The smallest absolute Gasteiger partial charge is 0.416 e. The van der Waals surface area contributed by atoms with Gasteiger partial charge in [0, 0.05) is 12.5 Å². The van der Waals surface area contributed by atoms with E-state index in [1.165, 1.54) is 11.8 Å². The monoisotopic (exact) mass is 609 g/mol. The molecule has 1 aliphatic rings. The van der Waals surface area contributed by atoms with Gasteiger partial charge in [-0.05, 0) is 61.6 Å². The van der Waals surface area contributed by atoms with E-state index >= 15 is 0 Å². The highest BCUT2D eigenvalue weighted by Gasteiger charge is 2.48. The van der Waals surface area contributed by atoms with Crippen LogP contribution in [0.1, 0.15) is 60.6 Å². The van der Waals surface area contributed by atoms with E-state index in [4.69, 9.17) is 9.47 Å². The molecular weight excluding hydrogens is 576 g/mol. The lowest BCUT2D eigenvalue weighted by atomic mass is 9.76. The van der Waals surface area contributed by atoms with Gasteiger partial charge in [-0.1, -0.05) is 60.7 Å². The number of piperidine rings is 1. The van der Waals surface area contributed by atoms with Crippen LogP contribution in [0.5, 0.6) is 0 Å². The Morgan fingerprint density at radius 2 is 1.49 bits per heavy atom. The second-order valence-electron chi connectivity index (χ2n) is 10.9. The molecule has 0 saturated carbocycles. The van der Waals surface area contributed by atoms with Crippen LogP contribution >= 0.6 is 0 Å². The Morgan fingerprint density at radius 3 is 2.02 bits per heavy atom. The summed E-state index contributed by atoms with van der Waals surface area (Å²) in [6.45, 7) is 2.82. The molecule has 0 radical (unpaired) electrons. The van der Waals surface area contributed by atoms with Crippen LogP contribution in [0.3, 0.4) is 0 Å². The predicted molar refractivity (Wildman–Crippen MR) is 147 cm³/mol. The first-order valence-corrected chi connectivity index (χ1v) is 13.8. The van der Waals surface area contributed by atoms with Crippen LogP contribution in [-0.4, -0.2) is 35.4 Å². The van der Waals surface area contributed by atoms with Gasteiger partial charge >= 0.3 is 18.4 Å². The maximum absolute atomic E-state index is 13.7. The van der Waals surface area contributed by atoms with Crippen LogP contribution in [0.25, 0.3) is 0 Å². The average molecular weight is 610 g/mol. The molecule has 5 nitrogen and oxygen atoms in total. The van der Waals surface area contributed by atoms with Gasteiger partial charge in [-0.3, -0.25) is 4.90 Å². The normalized spacial score (nSPS) is 20.9. The van der Waals surface area contributed by atoms with Crippen LogP contribution in [0.2, 0.25) is 0 Å². The molecule has 11 heteroatoms. The van der Waals surface area contributed by atoms with Crippen LogP contribution < -0.4 is 0 Å². The van der Waals surface area contributed by atoms with Crippen molar-refractivity contribution in [2.45, 2.75) is 63.4 Å². The number of aliphatic hydroxyl groups is 1. The van der Waals surface area contributed by atoms with Crippen molar-refractivity contribution in [1.82, 2.24) is 4.90 Å². The van der Waals surface area contributed by atoms with Crippen LogP contribution in [-0.2, 0) is 34.0 Å². The number of halogens is 6. The molecule has 4 atom stereocenters. The van der Waals surface area contributed by atoms with Crippen molar-refractivity contribution in [1.29, 1.82) is 0 Å². The molecule has 3 aromatic rings. The first-order chi connectivity index (χ1) is 20.2. The summed E-state index contributed by atoms with van der Waals surface area (Å²) in [4.78, 5) is 15.1.